The quantitative estimate of drug-likeness (QED) is 0.827. The number of carboxylic acid groups (broad SMARTS) is 1. The molecule has 0 aliphatic heterocycles. The molecule has 0 aliphatic carbocycles. The van der Waals surface area contributed by atoms with Crippen molar-refractivity contribution in [2.45, 2.75) is 20.8 Å². The summed E-state index contributed by atoms with van der Waals surface area (Å²) in [6, 6.07) is 1.40. The molecule has 0 aromatic carbocycles. The average Bonchev–Trinajstić information content (AvgIpc) is 2.60. The number of rotatable bonds is 3. The molecule has 1 aromatic rings. The summed E-state index contributed by atoms with van der Waals surface area (Å²) >= 11 is 0. The Balaban J connectivity index is 3.33. The molecule has 5 nitrogen and oxygen atoms in total. The Labute approximate surface area is 88.0 Å². The molecular weight excluding hydrogens is 196 g/mol. The van der Waals surface area contributed by atoms with Crippen molar-refractivity contribution in [3.63, 3.8) is 0 Å². The molecule has 0 amide bonds. The van der Waals surface area contributed by atoms with Crippen molar-refractivity contribution in [2.75, 3.05) is 7.11 Å². The van der Waals surface area contributed by atoms with Crippen LogP contribution in [0, 0.1) is 0 Å². The molecule has 5 heteroatoms. The van der Waals surface area contributed by atoms with Crippen LogP contribution in [0.3, 0.4) is 0 Å². The first-order valence-electron chi connectivity index (χ1n) is 4.49. The standard InChI is InChI=1S/C10H14N2O3/c1-6(2)7(3)12-8(10(13)14)5-9(11-12)15-4/h5H,1-4H3,(H,13,14). The lowest BCUT2D eigenvalue weighted by atomic mass is 10.3. The van der Waals surface area contributed by atoms with Gasteiger partial charge < -0.3 is 9.84 Å². The molecule has 0 aliphatic rings. The number of allylic oxidation sites excluding steroid dienone is 2. The maximum Gasteiger partial charge on any atom is 0.354 e. The van der Waals surface area contributed by atoms with Gasteiger partial charge in [-0.3, -0.25) is 0 Å². The third-order valence-electron chi connectivity index (χ3n) is 2.16. The number of hydrogen-bond donors (Lipinski definition) is 1. The van der Waals surface area contributed by atoms with Crippen LogP contribution in [0.1, 0.15) is 31.3 Å². The maximum absolute atomic E-state index is 10.9. The largest absolute Gasteiger partial charge is 0.480 e. The fraction of sp³-hybridized carbons (Fsp3) is 0.400. The number of methoxy groups -OCH3 is 1. The highest BCUT2D eigenvalue weighted by atomic mass is 16.5. The van der Waals surface area contributed by atoms with E-state index in [2.05, 4.69) is 5.10 Å². The van der Waals surface area contributed by atoms with Gasteiger partial charge in [-0.1, -0.05) is 5.57 Å². The highest BCUT2D eigenvalue weighted by Gasteiger charge is 2.15. The topological polar surface area (TPSA) is 64.3 Å². The van der Waals surface area contributed by atoms with Crippen LogP contribution in [0.4, 0.5) is 0 Å². The molecule has 1 aromatic heterocycles. The summed E-state index contributed by atoms with van der Waals surface area (Å²) in [6.45, 7) is 5.61. The van der Waals surface area contributed by atoms with E-state index in [1.807, 2.05) is 20.8 Å². The van der Waals surface area contributed by atoms with Crippen molar-refractivity contribution in [1.82, 2.24) is 9.78 Å². The minimum absolute atomic E-state index is 0.102. The van der Waals surface area contributed by atoms with Gasteiger partial charge in [0, 0.05) is 11.8 Å². The zero-order valence-electron chi connectivity index (χ0n) is 9.24. The smallest absolute Gasteiger partial charge is 0.354 e. The third-order valence-corrected chi connectivity index (χ3v) is 2.16. The van der Waals surface area contributed by atoms with Crippen LogP contribution in [0.15, 0.2) is 11.6 Å². The summed E-state index contributed by atoms with van der Waals surface area (Å²) in [4.78, 5) is 10.9. The minimum Gasteiger partial charge on any atom is -0.480 e. The molecule has 0 atom stereocenters. The van der Waals surface area contributed by atoms with Gasteiger partial charge in [0.2, 0.25) is 5.88 Å². The van der Waals surface area contributed by atoms with Gasteiger partial charge in [0.1, 0.15) is 0 Å². The second kappa shape index (κ2) is 4.16. The van der Waals surface area contributed by atoms with Crippen LogP contribution >= 0.6 is 0 Å². The molecule has 15 heavy (non-hydrogen) atoms. The Morgan fingerprint density at radius 2 is 2.07 bits per heavy atom. The van der Waals surface area contributed by atoms with E-state index in [0.717, 1.165) is 11.3 Å². The van der Waals surface area contributed by atoms with E-state index in [0.29, 0.717) is 5.88 Å². The summed E-state index contributed by atoms with van der Waals surface area (Å²) in [6.07, 6.45) is 0. The second-order valence-electron chi connectivity index (χ2n) is 3.37. The number of nitrogens with zero attached hydrogens (tertiary/aromatic N) is 2. The number of carboxylic acids is 1. The summed E-state index contributed by atoms with van der Waals surface area (Å²) < 4.78 is 6.27. The number of aromatic nitrogens is 2. The van der Waals surface area contributed by atoms with Crippen LogP contribution in [-0.2, 0) is 0 Å². The fourth-order valence-corrected chi connectivity index (χ4v) is 1.08. The van der Waals surface area contributed by atoms with Gasteiger partial charge in [-0.05, 0) is 20.8 Å². The van der Waals surface area contributed by atoms with Crippen molar-refractivity contribution in [3.8, 4) is 5.88 Å². The summed E-state index contributed by atoms with van der Waals surface area (Å²) in [7, 11) is 1.45. The van der Waals surface area contributed by atoms with Crippen LogP contribution in [0.5, 0.6) is 5.88 Å². The molecule has 0 spiro atoms. The van der Waals surface area contributed by atoms with Gasteiger partial charge in [0.25, 0.3) is 0 Å². The first-order valence-corrected chi connectivity index (χ1v) is 4.49. The van der Waals surface area contributed by atoms with E-state index >= 15 is 0 Å². The molecule has 1 heterocycles. The zero-order valence-corrected chi connectivity index (χ0v) is 9.24. The van der Waals surface area contributed by atoms with Crippen molar-refractivity contribution in [3.05, 3.63) is 17.3 Å². The molecular formula is C10H14N2O3. The number of ether oxygens (including phenoxy) is 1. The molecule has 0 saturated heterocycles. The van der Waals surface area contributed by atoms with Gasteiger partial charge in [-0.25, -0.2) is 9.48 Å². The first kappa shape index (κ1) is 11.3. The third kappa shape index (κ3) is 2.18. The lowest BCUT2D eigenvalue weighted by Crippen LogP contribution is -2.08. The Hall–Kier alpha value is -1.78. The fourth-order valence-electron chi connectivity index (χ4n) is 1.08. The SMILES string of the molecule is COc1cc(C(=O)O)n(C(C)=C(C)C)n1. The lowest BCUT2D eigenvalue weighted by molar-refractivity contribution is 0.0687. The van der Waals surface area contributed by atoms with E-state index in [1.165, 1.54) is 17.9 Å². The maximum atomic E-state index is 10.9. The van der Waals surface area contributed by atoms with Crippen LogP contribution in [0.2, 0.25) is 0 Å². The highest BCUT2D eigenvalue weighted by molar-refractivity contribution is 5.87. The Kier molecular flexibility index (Phi) is 3.14. The van der Waals surface area contributed by atoms with E-state index in [-0.39, 0.29) is 5.69 Å². The average molecular weight is 210 g/mol. The predicted octanol–water partition coefficient (Wildman–Crippen LogP) is 1.86. The molecule has 82 valence electrons. The second-order valence-corrected chi connectivity index (χ2v) is 3.37. The van der Waals surface area contributed by atoms with Crippen molar-refractivity contribution < 1.29 is 14.6 Å². The summed E-state index contributed by atoms with van der Waals surface area (Å²) in [5, 5.41) is 13.0. The number of hydrogen-bond acceptors (Lipinski definition) is 3. The summed E-state index contributed by atoms with van der Waals surface area (Å²) in [5.41, 5.74) is 1.89. The first-order chi connectivity index (χ1) is 6.97. The van der Waals surface area contributed by atoms with Crippen molar-refractivity contribution in [1.29, 1.82) is 0 Å². The van der Waals surface area contributed by atoms with Gasteiger partial charge in [-0.2, -0.15) is 0 Å². The predicted molar refractivity (Wildman–Crippen MR) is 56.0 cm³/mol. The molecule has 1 rings (SSSR count). The van der Waals surface area contributed by atoms with E-state index in [4.69, 9.17) is 9.84 Å². The number of aromatic carboxylic acids is 1. The molecule has 0 bridgehead atoms. The number of carbonyl (C=O) groups is 1. The van der Waals surface area contributed by atoms with Gasteiger partial charge >= 0.3 is 5.97 Å². The van der Waals surface area contributed by atoms with Gasteiger partial charge in [0.05, 0.1) is 7.11 Å². The molecule has 0 radical (unpaired) electrons. The van der Waals surface area contributed by atoms with Crippen molar-refractivity contribution >= 4 is 11.7 Å². The molecule has 0 unspecified atom stereocenters. The lowest BCUT2D eigenvalue weighted by Gasteiger charge is -2.05. The van der Waals surface area contributed by atoms with Gasteiger partial charge in [0.15, 0.2) is 5.69 Å². The molecule has 1 N–H and O–H groups in total. The Morgan fingerprint density at radius 3 is 2.47 bits per heavy atom. The van der Waals surface area contributed by atoms with Crippen LogP contribution < -0.4 is 4.74 Å². The Morgan fingerprint density at radius 1 is 1.47 bits per heavy atom. The van der Waals surface area contributed by atoms with E-state index < -0.39 is 5.97 Å². The molecule has 0 fully saturated rings. The minimum atomic E-state index is -1.02. The monoisotopic (exact) mass is 210 g/mol. The summed E-state index contributed by atoms with van der Waals surface area (Å²) in [5.74, 6) is -0.723. The zero-order chi connectivity index (χ0) is 11.6. The van der Waals surface area contributed by atoms with Gasteiger partial charge in [-0.15, -0.1) is 5.10 Å². The van der Waals surface area contributed by atoms with Crippen LogP contribution in [0.25, 0.3) is 5.70 Å². The normalized spacial score (nSPS) is 9.87. The highest BCUT2D eigenvalue weighted by Crippen LogP contribution is 2.18. The Bertz CT molecular complexity index is 414. The van der Waals surface area contributed by atoms with E-state index in [9.17, 15) is 4.79 Å². The molecule has 0 saturated carbocycles. The van der Waals surface area contributed by atoms with E-state index in [1.54, 1.807) is 0 Å². The van der Waals surface area contributed by atoms with Crippen LogP contribution in [-0.4, -0.2) is 28.0 Å². The van der Waals surface area contributed by atoms with Crippen molar-refractivity contribution in [2.24, 2.45) is 0 Å².